The number of aryl methyl sites for hydroxylation is 3. The summed E-state index contributed by atoms with van der Waals surface area (Å²) in [6.45, 7) is 7.82. The lowest BCUT2D eigenvalue weighted by Gasteiger charge is -2.12. The van der Waals surface area contributed by atoms with E-state index in [2.05, 4.69) is 44.7 Å². The van der Waals surface area contributed by atoms with Crippen molar-refractivity contribution in [3.05, 3.63) is 79.9 Å². The Hall–Kier alpha value is -2.79. The molecule has 0 fully saturated rings. The Morgan fingerprint density at radius 2 is 1.71 bits per heavy atom. The molecule has 1 amide bonds. The molecule has 2 aromatic heterocycles. The van der Waals surface area contributed by atoms with E-state index in [9.17, 15) is 10.1 Å². The summed E-state index contributed by atoms with van der Waals surface area (Å²) in [6.07, 6.45) is 1.65. The number of hydrogen-bond acceptors (Lipinski definition) is 2. The minimum Gasteiger partial charge on any atom is -0.317 e. The third-order valence-corrected chi connectivity index (χ3v) is 5.63. The van der Waals surface area contributed by atoms with Crippen molar-refractivity contribution in [2.75, 3.05) is 5.43 Å². The SMILES string of the molecule is Cc1ccc(C)n1NC(=O)/C(C#N)=C\c1cc(C)n(-c2ccccc2I)c1C. The predicted molar refractivity (Wildman–Crippen MR) is 120 cm³/mol. The fourth-order valence-electron chi connectivity index (χ4n) is 3.25. The predicted octanol–water partition coefficient (Wildman–Crippen LogP) is 4.79. The van der Waals surface area contributed by atoms with Crippen LogP contribution in [0.5, 0.6) is 0 Å². The van der Waals surface area contributed by atoms with E-state index in [0.29, 0.717) is 0 Å². The van der Waals surface area contributed by atoms with Crippen LogP contribution < -0.4 is 5.43 Å². The molecule has 0 bridgehead atoms. The van der Waals surface area contributed by atoms with Crippen LogP contribution in [-0.4, -0.2) is 15.2 Å². The first-order chi connectivity index (χ1) is 13.3. The van der Waals surface area contributed by atoms with Crippen LogP contribution in [-0.2, 0) is 4.79 Å². The van der Waals surface area contributed by atoms with Crippen LogP contribution in [0.15, 0.2) is 48.0 Å². The number of nitrogens with one attached hydrogen (secondary N) is 1. The second-order valence-electron chi connectivity index (χ2n) is 6.68. The zero-order valence-electron chi connectivity index (χ0n) is 16.2. The van der Waals surface area contributed by atoms with Crippen molar-refractivity contribution in [1.29, 1.82) is 5.26 Å². The Morgan fingerprint density at radius 3 is 2.32 bits per heavy atom. The third-order valence-electron chi connectivity index (χ3n) is 4.71. The van der Waals surface area contributed by atoms with E-state index in [0.717, 1.165) is 37.6 Å². The summed E-state index contributed by atoms with van der Waals surface area (Å²) in [5.41, 5.74) is 8.62. The molecular weight excluding hydrogens is 463 g/mol. The average Bonchev–Trinajstić information content (AvgIpc) is 3.12. The van der Waals surface area contributed by atoms with Gasteiger partial charge in [-0.3, -0.25) is 14.9 Å². The Labute approximate surface area is 178 Å². The number of nitriles is 1. The molecule has 0 saturated carbocycles. The lowest BCUT2D eigenvalue weighted by atomic mass is 10.1. The molecule has 3 aromatic rings. The maximum Gasteiger partial charge on any atom is 0.280 e. The molecule has 0 aliphatic rings. The molecular formula is C22H21IN4O. The minimum absolute atomic E-state index is 0.0653. The summed E-state index contributed by atoms with van der Waals surface area (Å²) in [5.74, 6) is -0.427. The highest BCUT2D eigenvalue weighted by Gasteiger charge is 2.15. The normalized spacial score (nSPS) is 11.4. The summed E-state index contributed by atoms with van der Waals surface area (Å²) in [7, 11) is 0. The van der Waals surface area contributed by atoms with Crippen molar-refractivity contribution < 1.29 is 4.79 Å². The number of halogens is 1. The molecule has 0 atom stereocenters. The van der Waals surface area contributed by atoms with Crippen LogP contribution in [0.3, 0.4) is 0 Å². The molecule has 2 heterocycles. The molecule has 0 radical (unpaired) electrons. The number of hydrogen-bond donors (Lipinski definition) is 1. The second-order valence-corrected chi connectivity index (χ2v) is 7.84. The Kier molecular flexibility index (Phi) is 5.75. The first-order valence-corrected chi connectivity index (χ1v) is 9.93. The number of carbonyl (C=O) groups is 1. The van der Waals surface area contributed by atoms with Gasteiger partial charge < -0.3 is 4.57 Å². The molecule has 28 heavy (non-hydrogen) atoms. The summed E-state index contributed by atoms with van der Waals surface area (Å²) in [6, 6.07) is 16.0. The van der Waals surface area contributed by atoms with Gasteiger partial charge in [-0.2, -0.15) is 5.26 Å². The largest absolute Gasteiger partial charge is 0.317 e. The van der Waals surface area contributed by atoms with Crippen LogP contribution in [0.25, 0.3) is 11.8 Å². The van der Waals surface area contributed by atoms with Gasteiger partial charge in [-0.15, -0.1) is 0 Å². The van der Waals surface area contributed by atoms with Crippen LogP contribution >= 0.6 is 22.6 Å². The van der Waals surface area contributed by atoms with Gasteiger partial charge in [0.05, 0.1) is 5.69 Å². The highest BCUT2D eigenvalue weighted by Crippen LogP contribution is 2.26. The highest BCUT2D eigenvalue weighted by atomic mass is 127. The first kappa shape index (κ1) is 20.0. The van der Waals surface area contributed by atoms with Crippen LogP contribution in [0.4, 0.5) is 0 Å². The van der Waals surface area contributed by atoms with Crippen molar-refractivity contribution in [1.82, 2.24) is 9.24 Å². The van der Waals surface area contributed by atoms with Gasteiger partial charge >= 0.3 is 0 Å². The molecule has 1 N–H and O–H groups in total. The third kappa shape index (κ3) is 3.76. The molecule has 6 heteroatoms. The lowest BCUT2D eigenvalue weighted by Crippen LogP contribution is -2.25. The van der Waals surface area contributed by atoms with Gasteiger partial charge in [0.2, 0.25) is 0 Å². The summed E-state index contributed by atoms with van der Waals surface area (Å²) >= 11 is 2.31. The fraction of sp³-hybridized carbons (Fsp3) is 0.182. The van der Waals surface area contributed by atoms with E-state index in [1.807, 2.05) is 64.1 Å². The topological polar surface area (TPSA) is 62.8 Å². The minimum atomic E-state index is -0.427. The molecule has 0 spiro atoms. The van der Waals surface area contributed by atoms with E-state index < -0.39 is 5.91 Å². The van der Waals surface area contributed by atoms with E-state index in [1.165, 1.54) is 0 Å². The van der Waals surface area contributed by atoms with Crippen LogP contribution in [0.1, 0.15) is 28.3 Å². The van der Waals surface area contributed by atoms with E-state index in [-0.39, 0.29) is 5.57 Å². The van der Waals surface area contributed by atoms with Crippen LogP contribution in [0, 0.1) is 42.6 Å². The number of amides is 1. The summed E-state index contributed by atoms with van der Waals surface area (Å²) in [4.78, 5) is 12.6. The van der Waals surface area contributed by atoms with Crippen molar-refractivity contribution in [3.63, 3.8) is 0 Å². The van der Waals surface area contributed by atoms with Gasteiger partial charge in [0.1, 0.15) is 11.6 Å². The molecule has 0 aliphatic heterocycles. The Bertz CT molecular complexity index is 1110. The lowest BCUT2D eigenvalue weighted by molar-refractivity contribution is -0.113. The number of benzene rings is 1. The van der Waals surface area contributed by atoms with Gasteiger partial charge in [0.15, 0.2) is 0 Å². The average molecular weight is 484 g/mol. The Morgan fingerprint density at radius 1 is 1.07 bits per heavy atom. The number of carbonyl (C=O) groups excluding carboxylic acids is 1. The maximum atomic E-state index is 12.6. The molecule has 142 valence electrons. The van der Waals surface area contributed by atoms with Crippen molar-refractivity contribution in [2.45, 2.75) is 27.7 Å². The second kappa shape index (κ2) is 8.07. The van der Waals surface area contributed by atoms with Gasteiger partial charge in [-0.1, -0.05) is 12.1 Å². The quantitative estimate of drug-likeness (QED) is 0.329. The fourth-order valence-corrected chi connectivity index (χ4v) is 3.88. The molecule has 0 saturated heterocycles. The monoisotopic (exact) mass is 484 g/mol. The smallest absolute Gasteiger partial charge is 0.280 e. The molecule has 0 aliphatic carbocycles. The van der Waals surface area contributed by atoms with Crippen molar-refractivity contribution >= 4 is 34.6 Å². The standard InChI is InChI=1S/C22H21IN4O/c1-14-9-10-15(2)27(14)25-22(28)19(13-24)12-18-11-16(3)26(17(18)4)21-8-6-5-7-20(21)23/h5-12H,1-4H3,(H,25,28)/b19-12-. The number of aromatic nitrogens is 2. The van der Waals surface area contributed by atoms with Crippen LogP contribution in [0.2, 0.25) is 0 Å². The molecule has 0 unspecified atom stereocenters. The number of rotatable bonds is 4. The van der Waals surface area contributed by atoms with Gasteiger partial charge in [0.25, 0.3) is 5.91 Å². The zero-order valence-corrected chi connectivity index (χ0v) is 18.4. The van der Waals surface area contributed by atoms with Gasteiger partial charge in [0, 0.05) is 26.3 Å². The van der Waals surface area contributed by atoms with Crippen molar-refractivity contribution in [3.8, 4) is 11.8 Å². The van der Waals surface area contributed by atoms with Gasteiger partial charge in [-0.25, -0.2) is 0 Å². The zero-order chi connectivity index (χ0) is 20.4. The number of nitrogens with zero attached hydrogens (tertiary/aromatic N) is 3. The van der Waals surface area contributed by atoms with E-state index >= 15 is 0 Å². The van der Waals surface area contributed by atoms with E-state index in [4.69, 9.17) is 0 Å². The summed E-state index contributed by atoms with van der Waals surface area (Å²) in [5, 5.41) is 9.56. The maximum absolute atomic E-state index is 12.6. The molecule has 3 rings (SSSR count). The first-order valence-electron chi connectivity index (χ1n) is 8.85. The molecule has 1 aromatic carbocycles. The number of para-hydroxylation sites is 1. The van der Waals surface area contributed by atoms with Crippen molar-refractivity contribution in [2.24, 2.45) is 0 Å². The molecule has 5 nitrogen and oxygen atoms in total. The highest BCUT2D eigenvalue weighted by molar-refractivity contribution is 14.1. The van der Waals surface area contributed by atoms with Gasteiger partial charge in [-0.05, 0) is 92.3 Å². The van der Waals surface area contributed by atoms with E-state index in [1.54, 1.807) is 10.8 Å². The Balaban J connectivity index is 1.98. The summed E-state index contributed by atoms with van der Waals surface area (Å²) < 4.78 is 4.96.